The van der Waals surface area contributed by atoms with Crippen LogP contribution in [-0.4, -0.2) is 11.1 Å². The average molecular weight is 249 g/mol. The van der Waals surface area contributed by atoms with E-state index >= 15 is 0 Å². The van der Waals surface area contributed by atoms with Crippen molar-refractivity contribution in [2.24, 2.45) is 5.92 Å². The summed E-state index contributed by atoms with van der Waals surface area (Å²) in [6.07, 6.45) is 0.510. The molecule has 2 nitrogen and oxygen atoms in total. The van der Waals surface area contributed by atoms with E-state index in [1.54, 1.807) is 0 Å². The lowest BCUT2D eigenvalue weighted by Crippen LogP contribution is -1.99. The monoisotopic (exact) mass is 248 g/mol. The minimum atomic E-state index is -0.869. The van der Waals surface area contributed by atoms with Gasteiger partial charge in [0.2, 0.25) is 0 Å². The summed E-state index contributed by atoms with van der Waals surface area (Å²) in [5.74, 6) is -2.05. The second-order valence-corrected chi connectivity index (χ2v) is 4.39. The Morgan fingerprint density at radius 1 is 1.40 bits per heavy atom. The predicted molar refractivity (Wildman–Crippen MR) is 54.9 cm³/mol. The normalized spacial score (nSPS) is 23.9. The first-order chi connectivity index (χ1) is 7.00. The van der Waals surface area contributed by atoms with E-state index in [0.717, 1.165) is 0 Å². The second-order valence-electron chi connectivity index (χ2n) is 3.57. The van der Waals surface area contributed by atoms with Crippen molar-refractivity contribution in [1.29, 1.82) is 0 Å². The van der Waals surface area contributed by atoms with Crippen molar-refractivity contribution in [3.8, 4) is 0 Å². The fraction of sp³-hybridized carbons (Fsp3) is 0.300. The summed E-state index contributed by atoms with van der Waals surface area (Å²) in [5.41, 5.74) is 0.533. The first kappa shape index (κ1) is 10.7. The van der Waals surface area contributed by atoms with Gasteiger partial charge in [0.15, 0.2) is 0 Å². The van der Waals surface area contributed by atoms with Crippen LogP contribution in [0.1, 0.15) is 17.9 Å². The van der Waals surface area contributed by atoms with Crippen molar-refractivity contribution >= 4 is 29.2 Å². The minimum absolute atomic E-state index is 0.0451. The van der Waals surface area contributed by atoms with Gasteiger partial charge in [0, 0.05) is 5.02 Å². The van der Waals surface area contributed by atoms with Crippen molar-refractivity contribution < 1.29 is 14.3 Å². The van der Waals surface area contributed by atoms with E-state index < -0.39 is 17.7 Å². The Morgan fingerprint density at radius 3 is 2.60 bits per heavy atom. The van der Waals surface area contributed by atoms with Crippen LogP contribution < -0.4 is 0 Å². The van der Waals surface area contributed by atoms with Gasteiger partial charge in [-0.25, -0.2) is 4.39 Å². The van der Waals surface area contributed by atoms with Crippen LogP contribution in [0.5, 0.6) is 0 Å². The highest BCUT2D eigenvalue weighted by Crippen LogP contribution is 2.50. The lowest BCUT2D eigenvalue weighted by molar-refractivity contribution is -0.138. The van der Waals surface area contributed by atoms with Gasteiger partial charge in [-0.1, -0.05) is 23.2 Å². The highest BCUT2D eigenvalue weighted by Gasteiger charge is 2.45. The quantitative estimate of drug-likeness (QED) is 0.816. The molecule has 0 spiro atoms. The maximum atomic E-state index is 13.1. The standard InChI is InChI=1S/C10H7Cl2FO2/c11-7-3-8(12)9(13)2-5(7)4-1-6(4)10(14)15/h2-4,6H,1H2,(H,14,15). The average Bonchev–Trinajstić information content (AvgIpc) is 2.90. The lowest BCUT2D eigenvalue weighted by Gasteiger charge is -2.04. The van der Waals surface area contributed by atoms with Crippen LogP contribution in [0, 0.1) is 11.7 Å². The molecule has 15 heavy (non-hydrogen) atoms. The van der Waals surface area contributed by atoms with E-state index in [1.165, 1.54) is 12.1 Å². The molecule has 1 aliphatic rings. The summed E-state index contributed by atoms with van der Waals surface area (Å²) in [6, 6.07) is 2.53. The van der Waals surface area contributed by atoms with Crippen LogP contribution in [0.2, 0.25) is 10.0 Å². The molecule has 1 aromatic carbocycles. The maximum absolute atomic E-state index is 13.1. The molecule has 2 unspecified atom stereocenters. The molecule has 1 saturated carbocycles. The molecule has 0 aromatic heterocycles. The summed E-state index contributed by atoms with van der Waals surface area (Å²) >= 11 is 11.4. The third-order valence-corrected chi connectivity index (χ3v) is 3.16. The Balaban J connectivity index is 2.31. The van der Waals surface area contributed by atoms with Crippen LogP contribution in [0.4, 0.5) is 4.39 Å². The maximum Gasteiger partial charge on any atom is 0.307 e. The molecule has 0 aliphatic heterocycles. The third-order valence-electron chi connectivity index (χ3n) is 2.55. The molecule has 1 fully saturated rings. The van der Waals surface area contributed by atoms with Crippen molar-refractivity contribution in [1.82, 2.24) is 0 Å². The van der Waals surface area contributed by atoms with Crippen LogP contribution in [0.15, 0.2) is 12.1 Å². The van der Waals surface area contributed by atoms with Crippen molar-refractivity contribution in [2.75, 3.05) is 0 Å². The van der Waals surface area contributed by atoms with E-state index in [2.05, 4.69) is 0 Å². The van der Waals surface area contributed by atoms with Gasteiger partial charge in [0.25, 0.3) is 0 Å². The molecule has 2 atom stereocenters. The van der Waals surface area contributed by atoms with Gasteiger partial charge < -0.3 is 5.11 Å². The summed E-state index contributed by atoms with van der Waals surface area (Å²) in [7, 11) is 0. The molecular formula is C10H7Cl2FO2. The molecule has 1 N–H and O–H groups in total. The lowest BCUT2D eigenvalue weighted by atomic mass is 10.1. The molecule has 0 radical (unpaired) electrons. The van der Waals surface area contributed by atoms with Gasteiger partial charge in [-0.2, -0.15) is 0 Å². The fourth-order valence-corrected chi connectivity index (χ4v) is 2.16. The van der Waals surface area contributed by atoms with E-state index in [1.807, 2.05) is 0 Å². The van der Waals surface area contributed by atoms with Gasteiger partial charge in [-0.15, -0.1) is 0 Å². The number of hydrogen-bond acceptors (Lipinski definition) is 1. The van der Waals surface area contributed by atoms with Crippen molar-refractivity contribution in [3.63, 3.8) is 0 Å². The molecule has 5 heteroatoms. The topological polar surface area (TPSA) is 37.3 Å². The summed E-state index contributed by atoms with van der Waals surface area (Å²) in [4.78, 5) is 10.6. The zero-order valence-corrected chi connectivity index (χ0v) is 9.02. The minimum Gasteiger partial charge on any atom is -0.481 e. The molecule has 2 rings (SSSR count). The summed E-state index contributed by atoms with van der Waals surface area (Å²) in [5, 5.41) is 9.02. The van der Waals surface area contributed by atoms with E-state index in [9.17, 15) is 9.18 Å². The SMILES string of the molecule is O=C(O)C1CC1c1cc(F)c(Cl)cc1Cl. The Labute approximate surface area is 95.6 Å². The second kappa shape index (κ2) is 3.65. The van der Waals surface area contributed by atoms with Crippen LogP contribution >= 0.6 is 23.2 Å². The first-order valence-electron chi connectivity index (χ1n) is 4.38. The summed E-state index contributed by atoms with van der Waals surface area (Å²) < 4.78 is 13.1. The van der Waals surface area contributed by atoms with Gasteiger partial charge in [-0.05, 0) is 30.0 Å². The van der Waals surface area contributed by atoms with Crippen molar-refractivity contribution in [2.45, 2.75) is 12.3 Å². The highest BCUT2D eigenvalue weighted by molar-refractivity contribution is 6.35. The Morgan fingerprint density at radius 2 is 2.07 bits per heavy atom. The third kappa shape index (κ3) is 1.94. The fourth-order valence-electron chi connectivity index (χ4n) is 1.63. The number of benzene rings is 1. The Bertz CT molecular complexity index is 434. The first-order valence-corrected chi connectivity index (χ1v) is 5.13. The number of rotatable bonds is 2. The number of halogens is 3. The van der Waals surface area contributed by atoms with Crippen LogP contribution in [0.3, 0.4) is 0 Å². The number of carbonyl (C=O) groups is 1. The smallest absolute Gasteiger partial charge is 0.307 e. The molecule has 0 amide bonds. The molecule has 0 bridgehead atoms. The Hall–Kier alpha value is -0.800. The molecule has 0 heterocycles. The highest BCUT2D eigenvalue weighted by atomic mass is 35.5. The zero-order valence-electron chi connectivity index (χ0n) is 7.51. The zero-order chi connectivity index (χ0) is 11.2. The number of hydrogen-bond donors (Lipinski definition) is 1. The molecule has 0 saturated heterocycles. The molecular weight excluding hydrogens is 242 g/mol. The van der Waals surface area contributed by atoms with E-state index in [-0.39, 0.29) is 10.9 Å². The van der Waals surface area contributed by atoms with Gasteiger partial charge in [0.05, 0.1) is 10.9 Å². The van der Waals surface area contributed by atoms with Crippen LogP contribution in [-0.2, 0) is 4.79 Å². The number of carboxylic acid groups (broad SMARTS) is 1. The largest absolute Gasteiger partial charge is 0.481 e. The van der Waals surface area contributed by atoms with E-state index in [4.69, 9.17) is 28.3 Å². The molecule has 1 aliphatic carbocycles. The number of aliphatic carboxylic acids is 1. The molecule has 80 valence electrons. The van der Waals surface area contributed by atoms with Crippen LogP contribution in [0.25, 0.3) is 0 Å². The molecule has 1 aromatic rings. The van der Waals surface area contributed by atoms with E-state index in [0.29, 0.717) is 17.0 Å². The van der Waals surface area contributed by atoms with Gasteiger partial charge >= 0.3 is 5.97 Å². The van der Waals surface area contributed by atoms with Crippen molar-refractivity contribution in [3.05, 3.63) is 33.6 Å². The Kier molecular flexibility index (Phi) is 2.61. The predicted octanol–water partition coefficient (Wildman–Crippen LogP) is 3.32. The van der Waals surface area contributed by atoms with Gasteiger partial charge in [-0.3, -0.25) is 4.79 Å². The van der Waals surface area contributed by atoms with Gasteiger partial charge in [0.1, 0.15) is 5.82 Å². The number of carboxylic acids is 1. The summed E-state index contributed by atoms with van der Waals surface area (Å²) in [6.45, 7) is 0.